The molecule has 0 radical (unpaired) electrons. The molecule has 0 saturated carbocycles. The van der Waals surface area contributed by atoms with Crippen LogP contribution in [0, 0.1) is 0 Å². The van der Waals surface area contributed by atoms with E-state index in [9.17, 15) is 4.79 Å². The second kappa shape index (κ2) is 3.12. The number of ketones is 1. The molecule has 1 rings (SSSR count). The molecular weight excluding hydrogens is 132 g/mol. The molecule has 1 heterocycles. The van der Waals surface area contributed by atoms with Gasteiger partial charge >= 0.3 is 0 Å². The highest BCUT2D eigenvalue weighted by atomic mass is 16.3. The Labute approximate surface area is 57.9 Å². The maximum absolute atomic E-state index is 10.9. The fraction of sp³-hybridized carbons (Fsp3) is 0.333. The van der Waals surface area contributed by atoms with Gasteiger partial charge in [0.2, 0.25) is 0 Å². The molecule has 0 amide bonds. The molecule has 2 N–H and O–H groups in total. The van der Waals surface area contributed by atoms with Crippen molar-refractivity contribution >= 4 is 5.78 Å². The molecule has 4 heteroatoms. The molecule has 0 fully saturated rings. The zero-order valence-electron chi connectivity index (χ0n) is 5.37. The standard InChI is InChI=1S/C6H8N2O2/c9-2-1-6(10)5-3-7-4-8-5/h3-4,9H,1-2H2,(H,7,8). The number of nitrogens with zero attached hydrogens (tertiary/aromatic N) is 1. The Balaban J connectivity index is 2.59. The average Bonchev–Trinajstić information content (AvgIpc) is 2.38. The molecule has 0 aliphatic rings. The normalized spacial score (nSPS) is 9.70. The summed E-state index contributed by atoms with van der Waals surface area (Å²) in [6.45, 7) is -0.119. The summed E-state index contributed by atoms with van der Waals surface area (Å²) in [6.07, 6.45) is 3.09. The highest BCUT2D eigenvalue weighted by Crippen LogP contribution is 1.95. The number of imidazole rings is 1. The maximum Gasteiger partial charge on any atom is 0.185 e. The van der Waals surface area contributed by atoms with Crippen LogP contribution in [0.25, 0.3) is 0 Å². The summed E-state index contributed by atoms with van der Waals surface area (Å²) < 4.78 is 0. The fourth-order valence-electron chi connectivity index (χ4n) is 0.642. The van der Waals surface area contributed by atoms with Crippen molar-refractivity contribution in [3.8, 4) is 0 Å². The summed E-state index contributed by atoms with van der Waals surface area (Å²) >= 11 is 0. The van der Waals surface area contributed by atoms with E-state index in [4.69, 9.17) is 5.11 Å². The maximum atomic E-state index is 10.9. The van der Waals surface area contributed by atoms with Gasteiger partial charge in [0.05, 0.1) is 12.9 Å². The molecule has 0 aliphatic heterocycles. The number of nitrogens with one attached hydrogen (secondary N) is 1. The first kappa shape index (κ1) is 6.95. The summed E-state index contributed by atoms with van der Waals surface area (Å²) in [6, 6.07) is 0. The van der Waals surface area contributed by atoms with Crippen molar-refractivity contribution in [1.29, 1.82) is 0 Å². The second-order valence-corrected chi connectivity index (χ2v) is 1.85. The Hall–Kier alpha value is -1.16. The number of rotatable bonds is 3. The number of Topliss-reactive ketones (excluding diaryl/α,β-unsaturated/α-hetero) is 1. The van der Waals surface area contributed by atoms with Crippen molar-refractivity contribution in [3.05, 3.63) is 18.2 Å². The van der Waals surface area contributed by atoms with Crippen molar-refractivity contribution in [2.75, 3.05) is 6.61 Å². The Morgan fingerprint density at radius 3 is 3.10 bits per heavy atom. The molecule has 0 saturated heterocycles. The first-order valence-electron chi connectivity index (χ1n) is 2.97. The van der Waals surface area contributed by atoms with E-state index in [2.05, 4.69) is 9.97 Å². The van der Waals surface area contributed by atoms with Gasteiger partial charge in [0.1, 0.15) is 5.69 Å². The number of aliphatic hydroxyl groups excluding tert-OH is 1. The van der Waals surface area contributed by atoms with Gasteiger partial charge in [-0.3, -0.25) is 4.79 Å². The number of hydrogen-bond acceptors (Lipinski definition) is 3. The SMILES string of the molecule is O=C(CCO)c1c[nH]cn1. The number of carbonyl (C=O) groups is 1. The minimum atomic E-state index is -0.135. The van der Waals surface area contributed by atoms with Crippen LogP contribution in [0.2, 0.25) is 0 Å². The molecule has 0 bridgehead atoms. The summed E-state index contributed by atoms with van der Waals surface area (Å²) in [5.41, 5.74) is 0.383. The quantitative estimate of drug-likeness (QED) is 0.579. The van der Waals surface area contributed by atoms with E-state index in [-0.39, 0.29) is 18.8 Å². The van der Waals surface area contributed by atoms with Gasteiger partial charge in [-0.15, -0.1) is 0 Å². The number of carbonyl (C=O) groups excluding carboxylic acids is 1. The van der Waals surface area contributed by atoms with Crippen LogP contribution in [0.1, 0.15) is 16.9 Å². The number of hydrogen-bond donors (Lipinski definition) is 2. The summed E-state index contributed by atoms with van der Waals surface area (Å²) in [5.74, 6) is -0.135. The molecule has 0 spiro atoms. The molecule has 0 atom stereocenters. The zero-order chi connectivity index (χ0) is 7.40. The molecule has 0 aliphatic carbocycles. The number of aromatic amines is 1. The molecule has 0 unspecified atom stereocenters. The van der Waals surface area contributed by atoms with E-state index in [0.29, 0.717) is 5.69 Å². The van der Waals surface area contributed by atoms with Gasteiger partial charge < -0.3 is 10.1 Å². The van der Waals surface area contributed by atoms with Crippen LogP contribution in [0.15, 0.2) is 12.5 Å². The predicted molar refractivity (Wildman–Crippen MR) is 34.6 cm³/mol. The van der Waals surface area contributed by atoms with Crippen LogP contribution in [-0.2, 0) is 0 Å². The zero-order valence-corrected chi connectivity index (χ0v) is 5.37. The van der Waals surface area contributed by atoms with Gasteiger partial charge in [-0.05, 0) is 0 Å². The molecular formula is C6H8N2O2. The first-order valence-corrected chi connectivity index (χ1v) is 2.97. The Morgan fingerprint density at radius 1 is 1.80 bits per heavy atom. The average molecular weight is 140 g/mol. The van der Waals surface area contributed by atoms with Crippen molar-refractivity contribution in [2.45, 2.75) is 6.42 Å². The lowest BCUT2D eigenvalue weighted by Gasteiger charge is -1.89. The van der Waals surface area contributed by atoms with Crippen LogP contribution < -0.4 is 0 Å². The number of aromatic nitrogens is 2. The van der Waals surface area contributed by atoms with Gasteiger partial charge in [-0.25, -0.2) is 4.98 Å². The van der Waals surface area contributed by atoms with Crippen LogP contribution in [0.5, 0.6) is 0 Å². The first-order chi connectivity index (χ1) is 4.84. The monoisotopic (exact) mass is 140 g/mol. The summed E-state index contributed by atoms with van der Waals surface area (Å²) in [7, 11) is 0. The van der Waals surface area contributed by atoms with Crippen LogP contribution in [0.3, 0.4) is 0 Å². The van der Waals surface area contributed by atoms with E-state index >= 15 is 0 Å². The topological polar surface area (TPSA) is 66.0 Å². The molecule has 54 valence electrons. The summed E-state index contributed by atoms with van der Waals surface area (Å²) in [4.78, 5) is 17.2. The van der Waals surface area contributed by atoms with Gasteiger partial charge in [0.25, 0.3) is 0 Å². The second-order valence-electron chi connectivity index (χ2n) is 1.85. The summed E-state index contributed by atoms with van der Waals surface area (Å²) in [5, 5.41) is 8.38. The van der Waals surface area contributed by atoms with E-state index in [1.807, 2.05) is 0 Å². The smallest absolute Gasteiger partial charge is 0.185 e. The van der Waals surface area contributed by atoms with Crippen LogP contribution in [0.4, 0.5) is 0 Å². The lowest BCUT2D eigenvalue weighted by molar-refractivity contribution is 0.0952. The fourth-order valence-corrected chi connectivity index (χ4v) is 0.642. The van der Waals surface area contributed by atoms with Crippen molar-refractivity contribution in [3.63, 3.8) is 0 Å². The molecule has 4 nitrogen and oxygen atoms in total. The van der Waals surface area contributed by atoms with Crippen molar-refractivity contribution in [2.24, 2.45) is 0 Å². The van der Waals surface area contributed by atoms with E-state index in [1.165, 1.54) is 12.5 Å². The van der Waals surface area contributed by atoms with Gasteiger partial charge in [0, 0.05) is 12.6 Å². The molecule has 1 aromatic heterocycles. The lowest BCUT2D eigenvalue weighted by atomic mass is 10.2. The van der Waals surface area contributed by atoms with Gasteiger partial charge in [0.15, 0.2) is 5.78 Å². The largest absolute Gasteiger partial charge is 0.396 e. The molecule has 0 aromatic carbocycles. The van der Waals surface area contributed by atoms with E-state index < -0.39 is 0 Å². The minimum Gasteiger partial charge on any atom is -0.396 e. The predicted octanol–water partition coefficient (Wildman–Crippen LogP) is -0.0252. The molecule has 10 heavy (non-hydrogen) atoms. The third-order valence-corrected chi connectivity index (χ3v) is 1.12. The lowest BCUT2D eigenvalue weighted by Crippen LogP contribution is -2.01. The number of H-pyrrole nitrogens is 1. The Kier molecular flexibility index (Phi) is 2.17. The highest BCUT2D eigenvalue weighted by Gasteiger charge is 2.04. The van der Waals surface area contributed by atoms with E-state index in [0.717, 1.165) is 0 Å². The Bertz CT molecular complexity index is 206. The Morgan fingerprint density at radius 2 is 2.60 bits per heavy atom. The van der Waals surface area contributed by atoms with Gasteiger partial charge in [-0.1, -0.05) is 0 Å². The number of aliphatic hydroxyl groups is 1. The van der Waals surface area contributed by atoms with Crippen molar-refractivity contribution in [1.82, 2.24) is 9.97 Å². The highest BCUT2D eigenvalue weighted by molar-refractivity contribution is 5.93. The third kappa shape index (κ3) is 1.41. The van der Waals surface area contributed by atoms with Crippen molar-refractivity contribution < 1.29 is 9.90 Å². The third-order valence-electron chi connectivity index (χ3n) is 1.12. The van der Waals surface area contributed by atoms with Crippen LogP contribution in [-0.4, -0.2) is 27.5 Å². The van der Waals surface area contributed by atoms with Crippen LogP contribution >= 0.6 is 0 Å². The minimum absolute atomic E-state index is 0.119. The van der Waals surface area contributed by atoms with Gasteiger partial charge in [-0.2, -0.15) is 0 Å². The van der Waals surface area contributed by atoms with E-state index in [1.54, 1.807) is 0 Å². The molecule has 1 aromatic rings.